The van der Waals surface area contributed by atoms with Gasteiger partial charge in [0.25, 0.3) is 0 Å². The molecule has 0 fully saturated rings. The van der Waals surface area contributed by atoms with Gasteiger partial charge in [0.05, 0.1) is 18.3 Å². The zero-order valence-electron chi connectivity index (χ0n) is 11.0. The maximum atomic E-state index is 10.7. The molecule has 8 heteroatoms. The molecule has 106 valence electrons. The van der Waals surface area contributed by atoms with Crippen LogP contribution in [0.4, 0.5) is 5.82 Å². The number of rotatable bonds is 5. The van der Waals surface area contributed by atoms with Crippen LogP contribution >= 0.6 is 0 Å². The molecule has 3 aromatic rings. The second kappa shape index (κ2) is 5.53. The summed E-state index contributed by atoms with van der Waals surface area (Å²) >= 11 is 0. The highest BCUT2D eigenvalue weighted by Gasteiger charge is 2.08. The number of anilines is 1. The minimum absolute atomic E-state index is 0.0671. The van der Waals surface area contributed by atoms with E-state index in [1.807, 2.05) is 24.3 Å². The monoisotopic (exact) mass is 284 g/mol. The van der Waals surface area contributed by atoms with E-state index in [2.05, 4.69) is 25.6 Å². The largest absolute Gasteiger partial charge is 0.476 e. The Balaban J connectivity index is 1.68. The summed E-state index contributed by atoms with van der Waals surface area (Å²) in [5, 5.41) is 20.2. The molecule has 0 amide bonds. The van der Waals surface area contributed by atoms with Crippen molar-refractivity contribution in [1.29, 1.82) is 0 Å². The first-order valence-electron chi connectivity index (χ1n) is 6.31. The van der Waals surface area contributed by atoms with Crippen LogP contribution in [0.5, 0.6) is 0 Å². The summed E-state index contributed by atoms with van der Waals surface area (Å²) in [4.78, 5) is 19.1. The second-order valence-electron chi connectivity index (χ2n) is 4.34. The summed E-state index contributed by atoms with van der Waals surface area (Å²) in [5.74, 6) is -0.352. The Morgan fingerprint density at radius 3 is 2.95 bits per heavy atom. The van der Waals surface area contributed by atoms with E-state index in [4.69, 9.17) is 5.11 Å². The van der Waals surface area contributed by atoms with Gasteiger partial charge in [0.2, 0.25) is 0 Å². The van der Waals surface area contributed by atoms with E-state index in [1.54, 1.807) is 0 Å². The fourth-order valence-corrected chi connectivity index (χ4v) is 1.94. The number of nitrogens with zero attached hydrogens (tertiary/aromatic N) is 5. The summed E-state index contributed by atoms with van der Waals surface area (Å²) in [6.45, 7) is 1.03. The lowest BCUT2D eigenvalue weighted by Gasteiger charge is -2.07. The zero-order valence-corrected chi connectivity index (χ0v) is 11.0. The summed E-state index contributed by atoms with van der Waals surface area (Å²) in [6, 6.07) is 7.70. The van der Waals surface area contributed by atoms with Gasteiger partial charge in [-0.2, -0.15) is 0 Å². The number of aromatic nitrogens is 5. The molecule has 21 heavy (non-hydrogen) atoms. The highest BCUT2D eigenvalue weighted by atomic mass is 16.4. The number of carboxylic acid groups (broad SMARTS) is 1. The van der Waals surface area contributed by atoms with Crippen LogP contribution in [0.15, 0.2) is 36.8 Å². The Labute approximate surface area is 119 Å². The van der Waals surface area contributed by atoms with E-state index in [0.717, 1.165) is 16.7 Å². The van der Waals surface area contributed by atoms with E-state index in [1.165, 1.54) is 17.2 Å². The number of hydrogen-bond acceptors (Lipinski definition) is 6. The van der Waals surface area contributed by atoms with Crippen molar-refractivity contribution >= 4 is 22.7 Å². The average molecular weight is 284 g/mol. The molecule has 3 rings (SSSR count). The Kier molecular flexibility index (Phi) is 3.42. The van der Waals surface area contributed by atoms with Crippen molar-refractivity contribution in [1.82, 2.24) is 25.0 Å². The third kappa shape index (κ3) is 2.78. The molecule has 2 heterocycles. The molecule has 0 saturated heterocycles. The first-order valence-corrected chi connectivity index (χ1v) is 6.31. The highest BCUT2D eigenvalue weighted by Crippen LogP contribution is 2.17. The SMILES string of the molecule is O=C(O)c1cn(CCNc2ncnc3ccccc23)nn1. The number of para-hydroxylation sites is 1. The maximum Gasteiger partial charge on any atom is 0.358 e. The summed E-state index contributed by atoms with van der Waals surface area (Å²) in [5.41, 5.74) is 0.798. The van der Waals surface area contributed by atoms with Crippen LogP contribution in [0.25, 0.3) is 10.9 Å². The minimum atomic E-state index is -1.09. The molecule has 2 N–H and O–H groups in total. The van der Waals surface area contributed by atoms with Gasteiger partial charge in [-0.05, 0) is 12.1 Å². The predicted molar refractivity (Wildman–Crippen MR) is 75.0 cm³/mol. The normalized spacial score (nSPS) is 10.7. The maximum absolute atomic E-state index is 10.7. The van der Waals surface area contributed by atoms with Gasteiger partial charge >= 0.3 is 5.97 Å². The van der Waals surface area contributed by atoms with Crippen molar-refractivity contribution < 1.29 is 9.90 Å². The topological polar surface area (TPSA) is 106 Å². The highest BCUT2D eigenvalue weighted by molar-refractivity contribution is 5.88. The van der Waals surface area contributed by atoms with Gasteiger partial charge in [-0.3, -0.25) is 0 Å². The standard InChI is InChI=1S/C13H12N6O2/c20-13(21)11-7-19(18-17-11)6-5-14-12-9-3-1-2-4-10(9)15-8-16-12/h1-4,7-8H,5-6H2,(H,20,21)(H,14,15,16). The zero-order chi connectivity index (χ0) is 14.7. The van der Waals surface area contributed by atoms with Gasteiger partial charge in [0.1, 0.15) is 12.1 Å². The van der Waals surface area contributed by atoms with Crippen LogP contribution in [0, 0.1) is 0 Å². The number of aromatic carboxylic acids is 1. The molecule has 0 aliphatic heterocycles. The van der Waals surface area contributed by atoms with Gasteiger partial charge in [-0.25, -0.2) is 19.4 Å². The van der Waals surface area contributed by atoms with E-state index < -0.39 is 5.97 Å². The van der Waals surface area contributed by atoms with Gasteiger partial charge < -0.3 is 10.4 Å². The fraction of sp³-hybridized carbons (Fsp3) is 0.154. The van der Waals surface area contributed by atoms with Gasteiger partial charge in [-0.1, -0.05) is 17.3 Å². The van der Waals surface area contributed by atoms with Crippen LogP contribution in [0.2, 0.25) is 0 Å². The van der Waals surface area contributed by atoms with Crippen LogP contribution in [0.1, 0.15) is 10.5 Å². The van der Waals surface area contributed by atoms with E-state index >= 15 is 0 Å². The van der Waals surface area contributed by atoms with Crippen molar-refractivity contribution in [2.75, 3.05) is 11.9 Å². The molecular weight excluding hydrogens is 272 g/mol. The molecule has 1 aromatic carbocycles. The number of carboxylic acids is 1. The van der Waals surface area contributed by atoms with Crippen LogP contribution in [-0.4, -0.2) is 42.6 Å². The van der Waals surface area contributed by atoms with Gasteiger partial charge in [0, 0.05) is 11.9 Å². The van der Waals surface area contributed by atoms with E-state index in [9.17, 15) is 4.79 Å². The average Bonchev–Trinajstić information content (AvgIpc) is 2.97. The van der Waals surface area contributed by atoms with Gasteiger partial charge in [-0.15, -0.1) is 5.10 Å². The van der Waals surface area contributed by atoms with Crippen molar-refractivity contribution in [2.45, 2.75) is 6.54 Å². The molecule has 0 aliphatic rings. The van der Waals surface area contributed by atoms with E-state index in [0.29, 0.717) is 13.1 Å². The smallest absolute Gasteiger partial charge is 0.358 e. The van der Waals surface area contributed by atoms with Crippen molar-refractivity contribution in [3.05, 3.63) is 42.5 Å². The summed E-state index contributed by atoms with van der Waals surface area (Å²) in [6.07, 6.45) is 2.89. The summed E-state index contributed by atoms with van der Waals surface area (Å²) < 4.78 is 1.47. The number of benzene rings is 1. The molecule has 0 radical (unpaired) electrons. The lowest BCUT2D eigenvalue weighted by molar-refractivity contribution is 0.0690. The molecule has 0 spiro atoms. The third-order valence-electron chi connectivity index (χ3n) is 2.93. The molecular formula is C13H12N6O2. The van der Waals surface area contributed by atoms with Crippen molar-refractivity contribution in [3.63, 3.8) is 0 Å². The van der Waals surface area contributed by atoms with Crippen molar-refractivity contribution in [3.8, 4) is 0 Å². The minimum Gasteiger partial charge on any atom is -0.476 e. The molecule has 0 atom stereocenters. The Bertz CT molecular complexity index is 780. The molecule has 0 saturated carbocycles. The molecule has 0 unspecified atom stereocenters. The Morgan fingerprint density at radius 1 is 1.29 bits per heavy atom. The van der Waals surface area contributed by atoms with Gasteiger partial charge in [0.15, 0.2) is 5.69 Å². The van der Waals surface area contributed by atoms with Crippen molar-refractivity contribution in [2.24, 2.45) is 0 Å². The number of fused-ring (bicyclic) bond motifs is 1. The second-order valence-corrected chi connectivity index (χ2v) is 4.34. The fourth-order valence-electron chi connectivity index (χ4n) is 1.94. The molecule has 2 aromatic heterocycles. The number of hydrogen-bond donors (Lipinski definition) is 2. The predicted octanol–water partition coefficient (Wildman–Crippen LogP) is 1.03. The number of carbonyl (C=O) groups is 1. The van der Waals surface area contributed by atoms with E-state index in [-0.39, 0.29) is 5.69 Å². The first kappa shape index (κ1) is 13.0. The molecule has 0 bridgehead atoms. The van der Waals surface area contributed by atoms with Crippen LogP contribution in [0.3, 0.4) is 0 Å². The number of nitrogens with one attached hydrogen (secondary N) is 1. The first-order chi connectivity index (χ1) is 10.2. The van der Waals surface area contributed by atoms with Crippen LogP contribution < -0.4 is 5.32 Å². The lowest BCUT2D eigenvalue weighted by atomic mass is 10.2. The molecule has 0 aliphatic carbocycles. The quantitative estimate of drug-likeness (QED) is 0.720. The molecule has 8 nitrogen and oxygen atoms in total. The van der Waals surface area contributed by atoms with Crippen LogP contribution in [-0.2, 0) is 6.54 Å². The lowest BCUT2D eigenvalue weighted by Crippen LogP contribution is -2.12. The Morgan fingerprint density at radius 2 is 2.14 bits per heavy atom. The Hall–Kier alpha value is -3.03. The summed E-state index contributed by atoms with van der Waals surface area (Å²) in [7, 11) is 0. The third-order valence-corrected chi connectivity index (χ3v) is 2.93.